The monoisotopic (exact) mass is 389 g/mol. The Kier molecular flexibility index (Phi) is 8.16. The highest BCUT2D eigenvalue weighted by Crippen LogP contribution is 2.28. The van der Waals surface area contributed by atoms with Gasteiger partial charge < -0.3 is 29.0 Å². The van der Waals surface area contributed by atoms with Gasteiger partial charge in [0.05, 0.1) is 0 Å². The SMILES string of the molecule is CC(=O)N[C@H]1O[C@H](COC(C)=O)[C@@H](OC(C)=O)[C@H](OC(C)=O)[C@@H]1OC(C)=O. The smallest absolute Gasteiger partial charge is 0.303 e. The highest BCUT2D eigenvalue weighted by atomic mass is 16.7. The van der Waals surface area contributed by atoms with Crippen molar-refractivity contribution in [3.8, 4) is 0 Å². The molecular formula is C16H23NO10. The predicted molar refractivity (Wildman–Crippen MR) is 85.8 cm³/mol. The summed E-state index contributed by atoms with van der Waals surface area (Å²) in [7, 11) is 0. The van der Waals surface area contributed by atoms with Crippen molar-refractivity contribution in [3.05, 3.63) is 0 Å². The number of carbonyl (C=O) groups is 5. The zero-order valence-corrected chi connectivity index (χ0v) is 15.7. The van der Waals surface area contributed by atoms with Crippen molar-refractivity contribution in [3.63, 3.8) is 0 Å². The van der Waals surface area contributed by atoms with Gasteiger partial charge in [-0.15, -0.1) is 0 Å². The normalized spacial score (nSPS) is 27.1. The molecule has 1 rings (SSSR count). The lowest BCUT2D eigenvalue weighted by Crippen LogP contribution is -2.66. The molecule has 0 aromatic rings. The van der Waals surface area contributed by atoms with E-state index < -0.39 is 60.4 Å². The van der Waals surface area contributed by atoms with E-state index in [1.165, 1.54) is 13.8 Å². The van der Waals surface area contributed by atoms with Crippen molar-refractivity contribution in [1.29, 1.82) is 0 Å². The molecule has 27 heavy (non-hydrogen) atoms. The van der Waals surface area contributed by atoms with Crippen LogP contribution in [0.4, 0.5) is 0 Å². The van der Waals surface area contributed by atoms with Gasteiger partial charge in [0.15, 0.2) is 24.5 Å². The molecule has 0 radical (unpaired) electrons. The van der Waals surface area contributed by atoms with Gasteiger partial charge in [-0.25, -0.2) is 0 Å². The Labute approximate surface area is 155 Å². The second-order valence-corrected chi connectivity index (χ2v) is 5.82. The van der Waals surface area contributed by atoms with Crippen LogP contribution in [0.5, 0.6) is 0 Å². The fraction of sp³-hybridized carbons (Fsp3) is 0.688. The van der Waals surface area contributed by atoms with E-state index in [0.29, 0.717) is 0 Å². The Hall–Kier alpha value is -2.69. The lowest BCUT2D eigenvalue weighted by Gasteiger charge is -2.44. The van der Waals surface area contributed by atoms with Crippen molar-refractivity contribution >= 4 is 29.8 Å². The number of hydrogen-bond donors (Lipinski definition) is 1. The number of carbonyl (C=O) groups excluding carboxylic acids is 5. The van der Waals surface area contributed by atoms with Crippen LogP contribution in [0.1, 0.15) is 34.6 Å². The highest BCUT2D eigenvalue weighted by Gasteiger charge is 2.52. The van der Waals surface area contributed by atoms with Crippen LogP contribution in [0.15, 0.2) is 0 Å². The summed E-state index contributed by atoms with van der Waals surface area (Å²) >= 11 is 0. The molecule has 0 bridgehead atoms. The molecule has 0 unspecified atom stereocenters. The van der Waals surface area contributed by atoms with Crippen LogP contribution in [-0.4, -0.2) is 67.0 Å². The molecule has 1 N–H and O–H groups in total. The minimum atomic E-state index is -1.30. The summed E-state index contributed by atoms with van der Waals surface area (Å²) in [6, 6.07) is 0. The van der Waals surface area contributed by atoms with Gasteiger partial charge in [0.1, 0.15) is 12.7 Å². The summed E-state index contributed by atoms with van der Waals surface area (Å²) in [4.78, 5) is 57.2. The zero-order valence-electron chi connectivity index (χ0n) is 15.7. The molecule has 152 valence electrons. The van der Waals surface area contributed by atoms with Crippen LogP contribution < -0.4 is 5.32 Å². The second kappa shape index (κ2) is 9.86. The van der Waals surface area contributed by atoms with E-state index in [1.807, 2.05) is 0 Å². The van der Waals surface area contributed by atoms with E-state index in [0.717, 1.165) is 20.8 Å². The standard InChI is InChI=1S/C16H23NO10/c1-7(18)17-16-15(26-11(5)22)14(25-10(4)21)13(24-9(3)20)12(27-16)6-23-8(2)19/h12-16H,6H2,1-5H3,(H,17,18)/t12-,13-,14+,15+,16+/m1/s1. The molecule has 11 nitrogen and oxygen atoms in total. The first-order valence-corrected chi connectivity index (χ1v) is 8.08. The predicted octanol–water partition coefficient (Wildman–Crippen LogP) is -0.794. The summed E-state index contributed by atoms with van der Waals surface area (Å²) in [6.07, 6.45) is -6.18. The Morgan fingerprint density at radius 3 is 1.67 bits per heavy atom. The Bertz CT molecular complexity index is 604. The van der Waals surface area contributed by atoms with Crippen molar-refractivity contribution < 1.29 is 47.7 Å². The van der Waals surface area contributed by atoms with Gasteiger partial charge >= 0.3 is 23.9 Å². The summed E-state index contributed by atoms with van der Waals surface area (Å²) in [5.41, 5.74) is 0. The molecule has 0 saturated carbocycles. The third kappa shape index (κ3) is 7.21. The lowest BCUT2D eigenvalue weighted by molar-refractivity contribution is -0.256. The molecule has 1 amide bonds. The molecule has 1 aliphatic rings. The average Bonchev–Trinajstić information content (AvgIpc) is 2.49. The van der Waals surface area contributed by atoms with E-state index in [2.05, 4.69) is 5.32 Å². The van der Waals surface area contributed by atoms with E-state index >= 15 is 0 Å². The quantitative estimate of drug-likeness (QED) is 0.453. The van der Waals surface area contributed by atoms with Crippen molar-refractivity contribution in [1.82, 2.24) is 5.32 Å². The van der Waals surface area contributed by atoms with Crippen molar-refractivity contribution in [2.45, 2.75) is 65.3 Å². The zero-order chi connectivity index (χ0) is 20.7. The van der Waals surface area contributed by atoms with Crippen LogP contribution in [0.3, 0.4) is 0 Å². The number of rotatable bonds is 6. The Morgan fingerprint density at radius 1 is 0.741 bits per heavy atom. The summed E-state index contributed by atoms with van der Waals surface area (Å²) in [6.45, 7) is 5.36. The molecule has 0 spiro atoms. The van der Waals surface area contributed by atoms with Crippen LogP contribution in [0.2, 0.25) is 0 Å². The van der Waals surface area contributed by atoms with Gasteiger partial charge in [-0.1, -0.05) is 0 Å². The van der Waals surface area contributed by atoms with Crippen LogP contribution in [0, 0.1) is 0 Å². The van der Waals surface area contributed by atoms with E-state index in [1.54, 1.807) is 0 Å². The fourth-order valence-corrected chi connectivity index (χ4v) is 2.54. The highest BCUT2D eigenvalue weighted by molar-refractivity contribution is 5.73. The number of ether oxygens (including phenoxy) is 5. The largest absolute Gasteiger partial charge is 0.463 e. The maximum atomic E-state index is 11.6. The van der Waals surface area contributed by atoms with Gasteiger partial charge in [0.2, 0.25) is 5.91 Å². The number of nitrogens with one attached hydrogen (secondary N) is 1. The fourth-order valence-electron chi connectivity index (χ4n) is 2.54. The molecule has 1 aliphatic heterocycles. The van der Waals surface area contributed by atoms with Crippen molar-refractivity contribution in [2.24, 2.45) is 0 Å². The average molecular weight is 389 g/mol. The first-order chi connectivity index (χ1) is 12.5. The number of amides is 1. The van der Waals surface area contributed by atoms with Crippen molar-refractivity contribution in [2.75, 3.05) is 6.61 Å². The van der Waals surface area contributed by atoms with E-state index in [9.17, 15) is 24.0 Å². The third-order valence-electron chi connectivity index (χ3n) is 3.34. The Morgan fingerprint density at radius 2 is 1.22 bits per heavy atom. The summed E-state index contributed by atoms with van der Waals surface area (Å²) in [5, 5.41) is 2.42. The first-order valence-electron chi connectivity index (χ1n) is 8.08. The molecule has 1 fully saturated rings. The van der Waals surface area contributed by atoms with Crippen LogP contribution in [0.25, 0.3) is 0 Å². The molecule has 1 heterocycles. The van der Waals surface area contributed by atoms with E-state index in [-0.39, 0.29) is 6.61 Å². The molecular weight excluding hydrogens is 366 g/mol. The minimum absolute atomic E-state index is 0.353. The molecule has 0 aromatic heterocycles. The molecule has 5 atom stereocenters. The third-order valence-corrected chi connectivity index (χ3v) is 3.34. The van der Waals surface area contributed by atoms with Gasteiger partial charge in [-0.3, -0.25) is 24.0 Å². The Balaban J connectivity index is 3.29. The maximum Gasteiger partial charge on any atom is 0.303 e. The summed E-state index contributed by atoms with van der Waals surface area (Å²) < 4.78 is 26.1. The molecule has 11 heteroatoms. The molecule has 1 saturated heterocycles. The first kappa shape index (κ1) is 22.4. The van der Waals surface area contributed by atoms with Crippen LogP contribution >= 0.6 is 0 Å². The van der Waals surface area contributed by atoms with Gasteiger partial charge in [0, 0.05) is 34.6 Å². The van der Waals surface area contributed by atoms with Gasteiger partial charge in [-0.05, 0) is 0 Å². The maximum absolute atomic E-state index is 11.6. The number of esters is 4. The topological polar surface area (TPSA) is 144 Å². The van der Waals surface area contributed by atoms with Crippen LogP contribution in [-0.2, 0) is 47.7 Å². The minimum Gasteiger partial charge on any atom is -0.463 e. The lowest BCUT2D eigenvalue weighted by atomic mass is 9.97. The van der Waals surface area contributed by atoms with Gasteiger partial charge in [-0.2, -0.15) is 0 Å². The summed E-state index contributed by atoms with van der Waals surface area (Å²) in [5.74, 6) is -3.36. The van der Waals surface area contributed by atoms with Gasteiger partial charge in [0.25, 0.3) is 0 Å². The van der Waals surface area contributed by atoms with E-state index in [4.69, 9.17) is 23.7 Å². The molecule has 0 aromatic carbocycles. The second-order valence-electron chi connectivity index (χ2n) is 5.82. The number of hydrogen-bond acceptors (Lipinski definition) is 10. The molecule has 0 aliphatic carbocycles.